The normalized spacial score (nSPS) is 11.8. The zero-order valence-electron chi connectivity index (χ0n) is 8.68. The Morgan fingerprint density at radius 3 is 2.50 bits per heavy atom. The van der Waals surface area contributed by atoms with E-state index < -0.39 is 5.97 Å². The second-order valence-corrected chi connectivity index (χ2v) is 3.41. The van der Waals surface area contributed by atoms with Gasteiger partial charge in [-0.1, -0.05) is 29.8 Å². The zero-order valence-corrected chi connectivity index (χ0v) is 9.44. The van der Waals surface area contributed by atoms with Crippen LogP contribution >= 0.6 is 11.6 Å². The summed E-state index contributed by atoms with van der Waals surface area (Å²) in [4.78, 5) is 10.4. The molecule has 0 saturated heterocycles. The molecule has 0 saturated carbocycles. The van der Waals surface area contributed by atoms with Crippen molar-refractivity contribution in [1.82, 2.24) is 0 Å². The molecule has 0 aliphatic heterocycles. The lowest BCUT2D eigenvalue weighted by atomic mass is 10.2. The lowest BCUT2D eigenvalue weighted by Crippen LogP contribution is -1.92. The smallest absolute Gasteiger partial charge is 0.332 e. The van der Waals surface area contributed by atoms with Crippen LogP contribution < -0.4 is 0 Å². The number of ether oxygens (including phenoxy) is 1. The number of rotatable bonds is 4. The predicted octanol–water partition coefficient (Wildman–Crippen LogP) is 2.97. The summed E-state index contributed by atoms with van der Waals surface area (Å²) in [5.74, 6) is -0.764. The van der Waals surface area contributed by atoms with Crippen molar-refractivity contribution < 1.29 is 14.6 Å². The maximum absolute atomic E-state index is 10.4. The second-order valence-electron chi connectivity index (χ2n) is 2.97. The molecule has 1 aromatic rings. The van der Waals surface area contributed by atoms with Crippen LogP contribution in [0.5, 0.6) is 0 Å². The molecule has 0 radical (unpaired) electrons. The topological polar surface area (TPSA) is 46.5 Å². The van der Waals surface area contributed by atoms with E-state index in [1.807, 2.05) is 12.1 Å². The van der Waals surface area contributed by atoms with Crippen LogP contribution in [0.25, 0.3) is 6.08 Å². The molecule has 4 heteroatoms. The van der Waals surface area contributed by atoms with Crippen molar-refractivity contribution in [2.75, 3.05) is 7.11 Å². The van der Waals surface area contributed by atoms with Crippen LogP contribution in [0, 0.1) is 0 Å². The molecule has 16 heavy (non-hydrogen) atoms. The summed E-state index contributed by atoms with van der Waals surface area (Å²) in [5.41, 5.74) is 0.915. The summed E-state index contributed by atoms with van der Waals surface area (Å²) >= 11 is 5.73. The fourth-order valence-corrected chi connectivity index (χ4v) is 1.18. The molecular formula is C12H11ClO3. The number of aliphatic carboxylic acids is 1. The molecule has 0 amide bonds. The van der Waals surface area contributed by atoms with E-state index >= 15 is 0 Å². The average Bonchev–Trinajstić information content (AvgIpc) is 2.26. The quantitative estimate of drug-likeness (QED) is 0.498. The van der Waals surface area contributed by atoms with Gasteiger partial charge in [-0.05, 0) is 23.8 Å². The van der Waals surface area contributed by atoms with Crippen LogP contribution in [0.1, 0.15) is 5.56 Å². The van der Waals surface area contributed by atoms with Gasteiger partial charge in [-0.2, -0.15) is 0 Å². The number of carbonyl (C=O) groups is 1. The first-order chi connectivity index (χ1) is 7.61. The van der Waals surface area contributed by atoms with Crippen LogP contribution in [-0.4, -0.2) is 18.2 Å². The Morgan fingerprint density at radius 2 is 2.00 bits per heavy atom. The van der Waals surface area contributed by atoms with Crippen LogP contribution in [0.15, 0.2) is 42.2 Å². The van der Waals surface area contributed by atoms with Crippen molar-refractivity contribution in [1.29, 1.82) is 0 Å². The Bertz CT molecular complexity index is 418. The minimum Gasteiger partial charge on any atom is -0.496 e. The van der Waals surface area contributed by atoms with E-state index in [9.17, 15) is 4.79 Å². The SMILES string of the molecule is COC(/C=C/c1ccc(Cl)cc1)=C/C(=O)O. The molecule has 1 aromatic carbocycles. The minimum atomic E-state index is -1.04. The molecule has 0 atom stereocenters. The van der Waals surface area contributed by atoms with Crippen molar-refractivity contribution in [3.05, 3.63) is 52.8 Å². The van der Waals surface area contributed by atoms with Gasteiger partial charge in [0.25, 0.3) is 0 Å². The summed E-state index contributed by atoms with van der Waals surface area (Å²) in [5, 5.41) is 9.20. The van der Waals surface area contributed by atoms with E-state index in [0.717, 1.165) is 11.6 Å². The molecule has 3 nitrogen and oxygen atoms in total. The van der Waals surface area contributed by atoms with Crippen molar-refractivity contribution in [3.63, 3.8) is 0 Å². The van der Waals surface area contributed by atoms with Crippen molar-refractivity contribution in [3.8, 4) is 0 Å². The Kier molecular flexibility index (Phi) is 4.61. The largest absolute Gasteiger partial charge is 0.496 e. The summed E-state index contributed by atoms with van der Waals surface area (Å²) < 4.78 is 4.87. The molecule has 1 rings (SSSR count). The number of halogens is 1. The monoisotopic (exact) mass is 238 g/mol. The first-order valence-corrected chi connectivity index (χ1v) is 4.92. The van der Waals surface area contributed by atoms with Gasteiger partial charge in [0.2, 0.25) is 0 Å². The molecule has 0 aliphatic carbocycles. The highest BCUT2D eigenvalue weighted by Crippen LogP contribution is 2.11. The summed E-state index contributed by atoms with van der Waals surface area (Å²) in [6, 6.07) is 7.17. The van der Waals surface area contributed by atoms with Gasteiger partial charge in [-0.15, -0.1) is 0 Å². The van der Waals surface area contributed by atoms with E-state index in [0.29, 0.717) is 5.02 Å². The summed E-state index contributed by atoms with van der Waals surface area (Å²) in [6.45, 7) is 0. The third-order valence-corrected chi connectivity index (χ3v) is 2.06. The summed E-state index contributed by atoms with van der Waals surface area (Å²) in [7, 11) is 1.42. The van der Waals surface area contributed by atoms with Gasteiger partial charge in [0, 0.05) is 5.02 Å². The number of methoxy groups -OCH3 is 1. The molecule has 1 N–H and O–H groups in total. The van der Waals surface area contributed by atoms with Crippen molar-refractivity contribution in [2.45, 2.75) is 0 Å². The van der Waals surface area contributed by atoms with Crippen LogP contribution in [0.3, 0.4) is 0 Å². The maximum Gasteiger partial charge on any atom is 0.332 e. The number of carboxylic acid groups (broad SMARTS) is 1. The van der Waals surface area contributed by atoms with Gasteiger partial charge >= 0.3 is 5.97 Å². The number of carboxylic acids is 1. The third-order valence-electron chi connectivity index (χ3n) is 1.81. The molecule has 0 fully saturated rings. The maximum atomic E-state index is 10.4. The Labute approximate surface area is 98.6 Å². The summed E-state index contributed by atoms with van der Waals surface area (Å²) in [6.07, 6.45) is 4.32. The minimum absolute atomic E-state index is 0.280. The van der Waals surface area contributed by atoms with E-state index in [2.05, 4.69) is 0 Å². The zero-order chi connectivity index (χ0) is 12.0. The second kappa shape index (κ2) is 5.98. The van der Waals surface area contributed by atoms with Crippen molar-refractivity contribution >= 4 is 23.6 Å². The van der Waals surface area contributed by atoms with Crippen LogP contribution in [0.4, 0.5) is 0 Å². The van der Waals surface area contributed by atoms with Crippen LogP contribution in [0.2, 0.25) is 5.02 Å². The van der Waals surface area contributed by atoms with E-state index in [4.69, 9.17) is 21.4 Å². The lowest BCUT2D eigenvalue weighted by Gasteiger charge is -1.98. The highest BCUT2D eigenvalue weighted by atomic mass is 35.5. The van der Waals surface area contributed by atoms with E-state index in [1.54, 1.807) is 24.3 Å². The van der Waals surface area contributed by atoms with Crippen molar-refractivity contribution in [2.24, 2.45) is 0 Å². The molecule has 0 unspecified atom stereocenters. The molecule has 0 bridgehead atoms. The standard InChI is InChI=1S/C12H11ClO3/c1-16-11(8-12(14)15)7-4-9-2-5-10(13)6-3-9/h2-8H,1H3,(H,14,15)/b7-4+,11-8+. The molecule has 0 aromatic heterocycles. The fraction of sp³-hybridized carbons (Fsp3) is 0.0833. The van der Waals surface area contributed by atoms with Gasteiger partial charge in [-0.3, -0.25) is 0 Å². The van der Waals surface area contributed by atoms with Gasteiger partial charge in [0.15, 0.2) is 0 Å². The molecule has 84 valence electrons. The van der Waals surface area contributed by atoms with E-state index in [1.165, 1.54) is 7.11 Å². The highest BCUT2D eigenvalue weighted by molar-refractivity contribution is 6.30. The Balaban J connectivity index is 2.79. The fourth-order valence-electron chi connectivity index (χ4n) is 1.05. The van der Waals surface area contributed by atoms with Crippen LogP contribution in [-0.2, 0) is 9.53 Å². The number of benzene rings is 1. The first-order valence-electron chi connectivity index (χ1n) is 4.54. The highest BCUT2D eigenvalue weighted by Gasteiger charge is 1.95. The number of hydrogen-bond acceptors (Lipinski definition) is 2. The van der Waals surface area contributed by atoms with Gasteiger partial charge < -0.3 is 9.84 Å². The Hall–Kier alpha value is -1.74. The molecule has 0 heterocycles. The first kappa shape index (κ1) is 12.3. The number of allylic oxidation sites excluding steroid dienone is 1. The molecular weight excluding hydrogens is 228 g/mol. The third kappa shape index (κ3) is 4.19. The molecule has 0 aliphatic rings. The average molecular weight is 239 g/mol. The predicted molar refractivity (Wildman–Crippen MR) is 63.2 cm³/mol. The van der Waals surface area contributed by atoms with Gasteiger partial charge in [-0.25, -0.2) is 4.79 Å². The van der Waals surface area contributed by atoms with Gasteiger partial charge in [0.05, 0.1) is 13.2 Å². The number of hydrogen-bond donors (Lipinski definition) is 1. The Morgan fingerprint density at radius 1 is 1.38 bits per heavy atom. The van der Waals surface area contributed by atoms with Gasteiger partial charge in [0.1, 0.15) is 5.76 Å². The van der Waals surface area contributed by atoms with E-state index in [-0.39, 0.29) is 5.76 Å². The molecule has 0 spiro atoms. The lowest BCUT2D eigenvalue weighted by molar-refractivity contribution is -0.131.